The molecule has 0 saturated carbocycles. The summed E-state index contributed by atoms with van der Waals surface area (Å²) in [5, 5.41) is 14.0. The molecular weight excluding hydrogens is 348 g/mol. The Balaban J connectivity index is 1.40. The standard InChI is InChI=1S/C18H18N6O3/c25-18-9-14(21-17-3-1-2-7-23(17)18)12-22-8-6-13(11-22)20-16-5-4-15(10-19-16)24(26)27/h1-5,7,9-10,13H,6,8,11-12H2,(H,19,20). The maximum Gasteiger partial charge on any atom is 0.287 e. The van der Waals surface area contributed by atoms with Gasteiger partial charge in [0.15, 0.2) is 0 Å². The van der Waals surface area contributed by atoms with E-state index in [2.05, 4.69) is 20.2 Å². The molecule has 1 N–H and O–H groups in total. The van der Waals surface area contributed by atoms with Gasteiger partial charge in [-0.15, -0.1) is 0 Å². The lowest BCUT2D eigenvalue weighted by Gasteiger charge is -2.16. The fourth-order valence-corrected chi connectivity index (χ4v) is 3.30. The normalized spacial score (nSPS) is 17.3. The Morgan fingerprint density at radius 3 is 2.96 bits per heavy atom. The van der Waals surface area contributed by atoms with Gasteiger partial charge in [0.1, 0.15) is 17.7 Å². The first kappa shape index (κ1) is 17.1. The first-order valence-corrected chi connectivity index (χ1v) is 8.65. The van der Waals surface area contributed by atoms with Crippen LogP contribution in [0.3, 0.4) is 0 Å². The number of hydrogen-bond donors (Lipinski definition) is 1. The minimum absolute atomic E-state index is 0.0257. The van der Waals surface area contributed by atoms with E-state index in [1.165, 1.54) is 16.7 Å². The Morgan fingerprint density at radius 1 is 1.30 bits per heavy atom. The summed E-state index contributed by atoms with van der Waals surface area (Å²) >= 11 is 0. The molecule has 1 atom stereocenters. The fraction of sp³-hybridized carbons (Fsp3) is 0.278. The molecule has 0 bridgehead atoms. The predicted molar refractivity (Wildman–Crippen MR) is 99.7 cm³/mol. The summed E-state index contributed by atoms with van der Waals surface area (Å²) in [6.07, 6.45) is 3.88. The number of nitrogens with one attached hydrogen (secondary N) is 1. The summed E-state index contributed by atoms with van der Waals surface area (Å²) in [4.78, 5) is 33.3. The van der Waals surface area contributed by atoms with Gasteiger partial charge in [-0.25, -0.2) is 9.97 Å². The van der Waals surface area contributed by atoms with Gasteiger partial charge in [-0.05, 0) is 24.6 Å². The van der Waals surface area contributed by atoms with Crippen molar-refractivity contribution in [2.24, 2.45) is 0 Å². The molecule has 0 spiro atoms. The van der Waals surface area contributed by atoms with Crippen molar-refractivity contribution >= 4 is 17.2 Å². The van der Waals surface area contributed by atoms with E-state index in [9.17, 15) is 14.9 Å². The first-order chi connectivity index (χ1) is 13.1. The molecule has 0 aromatic carbocycles. The third kappa shape index (κ3) is 3.77. The maximum atomic E-state index is 12.2. The van der Waals surface area contributed by atoms with Gasteiger partial charge in [0.2, 0.25) is 0 Å². The van der Waals surface area contributed by atoms with Gasteiger partial charge in [0.05, 0.1) is 10.6 Å². The number of pyridine rings is 2. The molecular formula is C18H18N6O3. The summed E-state index contributed by atoms with van der Waals surface area (Å²) in [7, 11) is 0. The Labute approximate surface area is 154 Å². The molecule has 9 nitrogen and oxygen atoms in total. The minimum atomic E-state index is -0.465. The fourth-order valence-electron chi connectivity index (χ4n) is 3.30. The highest BCUT2D eigenvalue weighted by Crippen LogP contribution is 2.18. The van der Waals surface area contributed by atoms with E-state index in [4.69, 9.17) is 0 Å². The number of aromatic nitrogens is 3. The zero-order valence-corrected chi connectivity index (χ0v) is 14.5. The van der Waals surface area contributed by atoms with Crippen LogP contribution in [0, 0.1) is 10.1 Å². The number of fused-ring (bicyclic) bond motifs is 1. The summed E-state index contributed by atoms with van der Waals surface area (Å²) in [6.45, 7) is 2.27. The van der Waals surface area contributed by atoms with Gasteiger partial charge >= 0.3 is 0 Å². The second kappa shape index (κ2) is 7.12. The van der Waals surface area contributed by atoms with Crippen LogP contribution in [-0.4, -0.2) is 43.3 Å². The molecule has 1 fully saturated rings. The topological polar surface area (TPSA) is 106 Å². The van der Waals surface area contributed by atoms with Gasteiger partial charge < -0.3 is 5.32 Å². The number of likely N-dealkylation sites (tertiary alicyclic amines) is 1. The first-order valence-electron chi connectivity index (χ1n) is 8.65. The molecule has 0 amide bonds. The molecule has 3 aromatic heterocycles. The van der Waals surface area contributed by atoms with Crippen molar-refractivity contribution in [2.75, 3.05) is 18.4 Å². The molecule has 27 heavy (non-hydrogen) atoms. The third-order valence-electron chi connectivity index (χ3n) is 4.59. The number of hydrogen-bond acceptors (Lipinski definition) is 7. The van der Waals surface area contributed by atoms with Crippen molar-refractivity contribution in [1.82, 2.24) is 19.3 Å². The number of nitrogens with zero attached hydrogens (tertiary/aromatic N) is 5. The lowest BCUT2D eigenvalue weighted by atomic mass is 10.2. The zero-order valence-electron chi connectivity index (χ0n) is 14.5. The Morgan fingerprint density at radius 2 is 2.19 bits per heavy atom. The summed E-state index contributed by atoms with van der Waals surface area (Å²) in [5.74, 6) is 0.620. The van der Waals surface area contributed by atoms with Gasteiger partial charge in [-0.3, -0.25) is 24.2 Å². The number of anilines is 1. The quantitative estimate of drug-likeness (QED) is 0.541. The van der Waals surface area contributed by atoms with E-state index in [0.717, 1.165) is 25.2 Å². The van der Waals surface area contributed by atoms with Crippen molar-refractivity contribution in [3.8, 4) is 0 Å². The lowest BCUT2D eigenvalue weighted by molar-refractivity contribution is -0.385. The smallest absolute Gasteiger partial charge is 0.287 e. The SMILES string of the molecule is O=c1cc(CN2CCC(Nc3ccc([N+](=O)[O-])cn3)C2)nc2ccccn12. The van der Waals surface area contributed by atoms with Crippen LogP contribution in [0.15, 0.2) is 53.6 Å². The van der Waals surface area contributed by atoms with Gasteiger partial charge in [0, 0.05) is 44.0 Å². The van der Waals surface area contributed by atoms with E-state index >= 15 is 0 Å². The second-order valence-corrected chi connectivity index (χ2v) is 6.54. The summed E-state index contributed by atoms with van der Waals surface area (Å²) < 4.78 is 1.53. The van der Waals surface area contributed by atoms with Crippen molar-refractivity contribution < 1.29 is 4.92 Å². The Kier molecular flexibility index (Phi) is 4.51. The van der Waals surface area contributed by atoms with Crippen molar-refractivity contribution in [1.29, 1.82) is 0 Å². The summed E-state index contributed by atoms with van der Waals surface area (Å²) in [5.41, 5.74) is 1.28. The Hall–Kier alpha value is -3.33. The van der Waals surface area contributed by atoms with Crippen LogP contribution in [0.4, 0.5) is 11.5 Å². The van der Waals surface area contributed by atoms with Crippen LogP contribution in [-0.2, 0) is 6.54 Å². The van der Waals surface area contributed by atoms with E-state index in [1.807, 2.05) is 12.1 Å². The molecule has 1 unspecified atom stereocenters. The van der Waals surface area contributed by atoms with E-state index in [0.29, 0.717) is 18.0 Å². The number of nitro groups is 1. The molecule has 0 radical (unpaired) electrons. The highest BCUT2D eigenvalue weighted by Gasteiger charge is 2.23. The second-order valence-electron chi connectivity index (χ2n) is 6.54. The molecule has 9 heteroatoms. The van der Waals surface area contributed by atoms with Gasteiger partial charge in [-0.2, -0.15) is 0 Å². The van der Waals surface area contributed by atoms with Crippen LogP contribution in [0.2, 0.25) is 0 Å². The molecule has 4 rings (SSSR count). The van der Waals surface area contributed by atoms with Crippen molar-refractivity contribution in [2.45, 2.75) is 19.0 Å². The number of rotatable bonds is 5. The minimum Gasteiger partial charge on any atom is -0.366 e. The zero-order chi connectivity index (χ0) is 18.8. The van der Waals surface area contributed by atoms with Crippen LogP contribution in [0.5, 0.6) is 0 Å². The lowest BCUT2D eigenvalue weighted by Crippen LogP contribution is -2.27. The van der Waals surface area contributed by atoms with Crippen molar-refractivity contribution in [3.05, 3.63) is 75.0 Å². The largest absolute Gasteiger partial charge is 0.366 e. The predicted octanol–water partition coefficient (Wildman–Crippen LogP) is 1.68. The molecule has 138 valence electrons. The monoisotopic (exact) mass is 366 g/mol. The summed E-state index contributed by atoms with van der Waals surface area (Å²) in [6, 6.07) is 10.3. The van der Waals surface area contributed by atoms with Crippen molar-refractivity contribution in [3.63, 3.8) is 0 Å². The van der Waals surface area contributed by atoms with Crippen LogP contribution in [0.25, 0.3) is 5.65 Å². The average Bonchev–Trinajstić information content (AvgIpc) is 3.09. The van der Waals surface area contributed by atoms with E-state index < -0.39 is 4.92 Å². The molecule has 0 aliphatic carbocycles. The highest BCUT2D eigenvalue weighted by atomic mass is 16.6. The van der Waals surface area contributed by atoms with E-state index in [1.54, 1.807) is 24.4 Å². The van der Waals surface area contributed by atoms with Gasteiger partial charge in [-0.1, -0.05) is 6.07 Å². The molecule has 3 aromatic rings. The Bertz CT molecular complexity index is 1030. The molecule has 1 aliphatic heterocycles. The molecule has 4 heterocycles. The average molecular weight is 366 g/mol. The van der Waals surface area contributed by atoms with Gasteiger partial charge in [0.25, 0.3) is 11.2 Å². The van der Waals surface area contributed by atoms with E-state index in [-0.39, 0.29) is 17.3 Å². The molecule has 1 aliphatic rings. The van der Waals surface area contributed by atoms with Crippen LogP contribution in [0.1, 0.15) is 12.1 Å². The van der Waals surface area contributed by atoms with Crippen LogP contribution >= 0.6 is 0 Å². The maximum absolute atomic E-state index is 12.2. The third-order valence-corrected chi connectivity index (χ3v) is 4.59. The molecule has 1 saturated heterocycles. The van der Waals surface area contributed by atoms with Crippen LogP contribution < -0.4 is 10.9 Å². The highest BCUT2D eigenvalue weighted by molar-refractivity contribution is 5.41.